The Morgan fingerprint density at radius 1 is 1.12 bits per heavy atom. The van der Waals surface area contributed by atoms with E-state index in [0.29, 0.717) is 5.69 Å². The summed E-state index contributed by atoms with van der Waals surface area (Å²) in [6, 6.07) is 5.86. The highest BCUT2D eigenvalue weighted by molar-refractivity contribution is 7.89. The molecule has 2 rings (SSSR count). The van der Waals surface area contributed by atoms with Gasteiger partial charge in [-0.15, -0.1) is 0 Å². The van der Waals surface area contributed by atoms with Gasteiger partial charge in [0.2, 0.25) is 15.9 Å². The van der Waals surface area contributed by atoms with Crippen molar-refractivity contribution in [2.75, 3.05) is 11.9 Å². The van der Waals surface area contributed by atoms with Crippen molar-refractivity contribution in [2.45, 2.75) is 56.4 Å². The third-order valence-corrected chi connectivity index (χ3v) is 5.52. The molecule has 1 saturated carbocycles. The fraction of sp³-hybridized carbons (Fsp3) is 0.529. The summed E-state index contributed by atoms with van der Waals surface area (Å²) in [6.07, 6.45) is 4.58. The van der Waals surface area contributed by atoms with Gasteiger partial charge in [-0.3, -0.25) is 9.59 Å². The van der Waals surface area contributed by atoms with Gasteiger partial charge in [0.25, 0.3) is 0 Å². The number of rotatable bonds is 7. The molecule has 1 fully saturated rings. The predicted octanol–water partition coefficient (Wildman–Crippen LogP) is 2.19. The average Bonchev–Trinajstić information content (AvgIpc) is 2.56. The van der Waals surface area contributed by atoms with E-state index in [1.54, 1.807) is 6.92 Å². The summed E-state index contributed by atoms with van der Waals surface area (Å²) in [7, 11) is -3.57. The number of esters is 1. The van der Waals surface area contributed by atoms with Crippen LogP contribution in [-0.4, -0.2) is 32.9 Å². The first-order valence-corrected chi connectivity index (χ1v) is 9.97. The van der Waals surface area contributed by atoms with Crippen LogP contribution >= 0.6 is 0 Å². The summed E-state index contributed by atoms with van der Waals surface area (Å²) in [5.74, 6) is -1.11. The van der Waals surface area contributed by atoms with E-state index in [4.69, 9.17) is 4.74 Å². The van der Waals surface area contributed by atoms with E-state index < -0.39 is 21.9 Å². The van der Waals surface area contributed by atoms with Gasteiger partial charge in [0, 0.05) is 11.7 Å². The third-order valence-electron chi connectivity index (χ3n) is 3.99. The second kappa shape index (κ2) is 8.96. The number of hydrogen-bond donors (Lipinski definition) is 2. The van der Waals surface area contributed by atoms with Crippen molar-refractivity contribution in [2.24, 2.45) is 0 Å². The number of hydrogen-bond acceptors (Lipinski definition) is 5. The molecule has 1 amide bonds. The molecule has 0 aliphatic heterocycles. The van der Waals surface area contributed by atoms with Crippen LogP contribution < -0.4 is 10.0 Å². The average molecular weight is 368 g/mol. The highest BCUT2D eigenvalue weighted by Gasteiger charge is 2.21. The van der Waals surface area contributed by atoms with Crippen LogP contribution in [0, 0.1) is 0 Å². The van der Waals surface area contributed by atoms with Crippen molar-refractivity contribution < 1.29 is 22.7 Å². The van der Waals surface area contributed by atoms with E-state index in [0.717, 1.165) is 32.1 Å². The van der Waals surface area contributed by atoms with Gasteiger partial charge in [-0.25, -0.2) is 13.1 Å². The van der Waals surface area contributed by atoms with Crippen molar-refractivity contribution in [1.29, 1.82) is 0 Å². The molecule has 0 heterocycles. The number of amides is 1. The van der Waals surface area contributed by atoms with Crippen molar-refractivity contribution in [3.63, 3.8) is 0 Å². The van der Waals surface area contributed by atoms with E-state index >= 15 is 0 Å². The van der Waals surface area contributed by atoms with Crippen LogP contribution in [0.3, 0.4) is 0 Å². The first kappa shape index (κ1) is 19.4. The number of sulfonamides is 1. The van der Waals surface area contributed by atoms with Gasteiger partial charge in [-0.1, -0.05) is 19.3 Å². The monoisotopic (exact) mass is 368 g/mol. The van der Waals surface area contributed by atoms with Gasteiger partial charge < -0.3 is 10.1 Å². The Balaban J connectivity index is 1.94. The van der Waals surface area contributed by atoms with Crippen LogP contribution in [0.4, 0.5) is 5.69 Å². The lowest BCUT2D eigenvalue weighted by Crippen LogP contribution is -2.36. The van der Waals surface area contributed by atoms with Gasteiger partial charge >= 0.3 is 5.97 Å². The van der Waals surface area contributed by atoms with Gasteiger partial charge in [0.15, 0.2) is 0 Å². The van der Waals surface area contributed by atoms with Crippen molar-refractivity contribution in [1.82, 2.24) is 4.72 Å². The predicted molar refractivity (Wildman–Crippen MR) is 93.5 cm³/mol. The Kier molecular flexibility index (Phi) is 6.95. The largest absolute Gasteiger partial charge is 0.466 e. The van der Waals surface area contributed by atoms with Crippen LogP contribution in [-0.2, 0) is 24.3 Å². The second-order valence-electron chi connectivity index (χ2n) is 6.01. The normalized spacial score (nSPS) is 15.6. The summed E-state index contributed by atoms with van der Waals surface area (Å²) < 4.78 is 32.2. The summed E-state index contributed by atoms with van der Waals surface area (Å²) in [5.41, 5.74) is 0.422. The second-order valence-corrected chi connectivity index (χ2v) is 7.72. The molecule has 1 aliphatic carbocycles. The maximum absolute atomic E-state index is 12.4. The molecule has 138 valence electrons. The van der Waals surface area contributed by atoms with Crippen LogP contribution in [0.1, 0.15) is 45.4 Å². The molecule has 0 unspecified atom stereocenters. The molecule has 2 N–H and O–H groups in total. The van der Waals surface area contributed by atoms with Gasteiger partial charge in [0.05, 0.1) is 11.5 Å². The van der Waals surface area contributed by atoms with Crippen molar-refractivity contribution in [3.8, 4) is 0 Å². The quantitative estimate of drug-likeness (QED) is 0.567. The molecule has 0 radical (unpaired) electrons. The molecular weight excluding hydrogens is 344 g/mol. The van der Waals surface area contributed by atoms with Crippen molar-refractivity contribution in [3.05, 3.63) is 24.3 Å². The van der Waals surface area contributed by atoms with E-state index in [1.165, 1.54) is 24.3 Å². The molecule has 0 bridgehead atoms. The minimum absolute atomic E-state index is 0.0114. The molecule has 0 spiro atoms. The SMILES string of the molecule is CCOC(=O)CC(=O)Nc1ccc(S(=O)(=O)NC2CCCCC2)cc1. The van der Waals surface area contributed by atoms with Crippen LogP contribution in [0.5, 0.6) is 0 Å². The standard InChI is InChI=1S/C17H24N2O5S/c1-2-24-17(21)12-16(20)18-13-8-10-15(11-9-13)25(22,23)19-14-6-4-3-5-7-14/h8-11,14,19H,2-7,12H2,1H3,(H,18,20). The number of ether oxygens (including phenoxy) is 1. The summed E-state index contributed by atoms with van der Waals surface area (Å²) in [4.78, 5) is 23.1. The Bertz CT molecular complexity index is 694. The fourth-order valence-electron chi connectivity index (χ4n) is 2.77. The molecular formula is C17H24N2O5S. The van der Waals surface area contributed by atoms with Gasteiger partial charge in [-0.2, -0.15) is 0 Å². The minimum atomic E-state index is -3.57. The number of carbonyl (C=O) groups is 2. The topological polar surface area (TPSA) is 102 Å². The number of carbonyl (C=O) groups excluding carboxylic acids is 2. The summed E-state index contributed by atoms with van der Waals surface area (Å²) >= 11 is 0. The number of nitrogens with one attached hydrogen (secondary N) is 2. The molecule has 1 aliphatic rings. The highest BCUT2D eigenvalue weighted by atomic mass is 32.2. The molecule has 1 aromatic carbocycles. The molecule has 25 heavy (non-hydrogen) atoms. The molecule has 0 atom stereocenters. The molecule has 7 nitrogen and oxygen atoms in total. The van der Waals surface area contributed by atoms with E-state index in [-0.39, 0.29) is 24.0 Å². The van der Waals surface area contributed by atoms with Gasteiger partial charge in [0.1, 0.15) is 6.42 Å². The maximum Gasteiger partial charge on any atom is 0.315 e. The van der Waals surface area contributed by atoms with Gasteiger partial charge in [-0.05, 0) is 44.0 Å². The Labute approximate surface area is 148 Å². The molecule has 0 aromatic heterocycles. The van der Waals surface area contributed by atoms with Crippen LogP contribution in [0.25, 0.3) is 0 Å². The van der Waals surface area contributed by atoms with E-state index in [2.05, 4.69) is 10.0 Å². The van der Waals surface area contributed by atoms with E-state index in [1.807, 2.05) is 0 Å². The zero-order valence-electron chi connectivity index (χ0n) is 14.3. The van der Waals surface area contributed by atoms with Crippen molar-refractivity contribution >= 4 is 27.6 Å². The van der Waals surface area contributed by atoms with Crippen LogP contribution in [0.15, 0.2) is 29.2 Å². The lowest BCUT2D eigenvalue weighted by Gasteiger charge is -2.22. The minimum Gasteiger partial charge on any atom is -0.466 e. The Hall–Kier alpha value is -1.93. The zero-order valence-corrected chi connectivity index (χ0v) is 15.1. The van der Waals surface area contributed by atoms with E-state index in [9.17, 15) is 18.0 Å². The molecule has 8 heteroatoms. The summed E-state index contributed by atoms with van der Waals surface area (Å²) in [6.45, 7) is 1.88. The lowest BCUT2D eigenvalue weighted by molar-refractivity contribution is -0.145. The smallest absolute Gasteiger partial charge is 0.315 e. The number of anilines is 1. The molecule has 0 saturated heterocycles. The zero-order chi connectivity index (χ0) is 18.3. The lowest BCUT2D eigenvalue weighted by atomic mass is 9.96. The highest BCUT2D eigenvalue weighted by Crippen LogP contribution is 2.20. The Morgan fingerprint density at radius 2 is 1.76 bits per heavy atom. The fourth-order valence-corrected chi connectivity index (χ4v) is 4.08. The number of benzene rings is 1. The third kappa shape index (κ3) is 6.13. The maximum atomic E-state index is 12.4. The Morgan fingerprint density at radius 3 is 2.36 bits per heavy atom. The van der Waals surface area contributed by atoms with Crippen LogP contribution in [0.2, 0.25) is 0 Å². The summed E-state index contributed by atoms with van der Waals surface area (Å²) in [5, 5.41) is 2.54. The molecule has 1 aromatic rings. The first-order valence-electron chi connectivity index (χ1n) is 8.48. The first-order chi connectivity index (χ1) is 11.9.